The van der Waals surface area contributed by atoms with Gasteiger partial charge in [0.15, 0.2) is 0 Å². The van der Waals surface area contributed by atoms with E-state index in [1.807, 2.05) is 12.1 Å². The summed E-state index contributed by atoms with van der Waals surface area (Å²) in [6, 6.07) is 7.38. The van der Waals surface area contributed by atoms with E-state index in [9.17, 15) is 5.11 Å². The summed E-state index contributed by atoms with van der Waals surface area (Å²) in [5.74, 6) is 0.504. The topological polar surface area (TPSA) is 23.5 Å². The molecule has 19 heavy (non-hydrogen) atoms. The highest BCUT2D eigenvalue weighted by Gasteiger charge is 2.34. The Bertz CT molecular complexity index is 441. The molecule has 1 saturated heterocycles. The summed E-state index contributed by atoms with van der Waals surface area (Å²) in [7, 11) is 0. The number of rotatable bonds is 3. The second-order valence-electron chi connectivity index (χ2n) is 6.08. The first-order chi connectivity index (χ1) is 9.31. The lowest BCUT2D eigenvalue weighted by atomic mass is 9.94. The summed E-state index contributed by atoms with van der Waals surface area (Å²) in [5, 5.41) is 10.00. The number of likely N-dealkylation sites (tertiary alicyclic amines) is 1. The molecule has 0 radical (unpaired) electrons. The minimum atomic E-state index is 0.504. The predicted molar refractivity (Wildman–Crippen MR) is 78.4 cm³/mol. The van der Waals surface area contributed by atoms with Crippen LogP contribution < -0.4 is 0 Å². The molecule has 1 N–H and O–H groups in total. The molecule has 3 rings (SSSR count). The van der Waals surface area contributed by atoms with Crippen LogP contribution in [0.4, 0.5) is 0 Å². The Morgan fingerprint density at radius 2 is 2.16 bits per heavy atom. The summed E-state index contributed by atoms with van der Waals surface area (Å²) in [5.41, 5.74) is 2.59. The van der Waals surface area contributed by atoms with Crippen molar-refractivity contribution in [1.29, 1.82) is 0 Å². The van der Waals surface area contributed by atoms with Gasteiger partial charge in [0.05, 0.1) is 0 Å². The van der Waals surface area contributed by atoms with E-state index in [4.69, 9.17) is 0 Å². The van der Waals surface area contributed by atoms with Crippen LogP contribution in [-0.2, 0) is 6.42 Å². The molecule has 1 fully saturated rings. The first-order valence-electron chi connectivity index (χ1n) is 7.87. The third-order valence-electron chi connectivity index (χ3n) is 4.91. The fraction of sp³-hybridized carbons (Fsp3) is 0.647. The van der Waals surface area contributed by atoms with Gasteiger partial charge in [0.1, 0.15) is 5.75 Å². The largest absolute Gasteiger partial charge is 0.508 e. The number of hydrogen-bond acceptors (Lipinski definition) is 2. The summed E-state index contributed by atoms with van der Waals surface area (Å²) >= 11 is 0. The zero-order valence-electron chi connectivity index (χ0n) is 11.9. The number of phenolic OH excluding ortho intramolecular Hbond substituents is 1. The molecule has 0 spiro atoms. The smallest absolute Gasteiger partial charge is 0.119 e. The maximum Gasteiger partial charge on any atom is 0.119 e. The Labute approximate surface area is 116 Å². The molecule has 2 unspecified atom stereocenters. The quantitative estimate of drug-likeness (QED) is 0.885. The number of nitrogens with zero attached hydrogens (tertiary/aromatic N) is 1. The van der Waals surface area contributed by atoms with Gasteiger partial charge < -0.3 is 5.11 Å². The first kappa shape index (κ1) is 13.0. The Hall–Kier alpha value is -1.02. The monoisotopic (exact) mass is 259 g/mol. The van der Waals surface area contributed by atoms with Gasteiger partial charge >= 0.3 is 0 Å². The van der Waals surface area contributed by atoms with Crippen LogP contribution in [0.1, 0.15) is 62.6 Å². The standard InChI is InChI=1S/C17H25NO/c1-2-6-13-7-3-4-12-18(13)16-11-10-15-14(16)8-5-9-17(15)19/h5,8-9,13,16,19H,2-4,6-7,10-12H2,1H3. The summed E-state index contributed by atoms with van der Waals surface area (Å²) in [4.78, 5) is 2.73. The van der Waals surface area contributed by atoms with Crippen molar-refractivity contribution < 1.29 is 5.11 Å². The minimum absolute atomic E-state index is 0.504. The van der Waals surface area contributed by atoms with Gasteiger partial charge in [0.2, 0.25) is 0 Å². The van der Waals surface area contributed by atoms with Gasteiger partial charge in [0, 0.05) is 12.1 Å². The molecular weight excluding hydrogens is 234 g/mol. The van der Waals surface area contributed by atoms with Gasteiger partial charge in [-0.25, -0.2) is 0 Å². The number of benzene rings is 1. The van der Waals surface area contributed by atoms with Crippen molar-refractivity contribution in [3.05, 3.63) is 29.3 Å². The lowest BCUT2D eigenvalue weighted by molar-refractivity contribution is 0.0880. The second-order valence-corrected chi connectivity index (χ2v) is 6.08. The number of hydrogen-bond donors (Lipinski definition) is 1. The summed E-state index contributed by atoms with van der Waals surface area (Å²) in [6.45, 7) is 3.53. The van der Waals surface area contributed by atoms with Crippen molar-refractivity contribution in [3.63, 3.8) is 0 Å². The van der Waals surface area contributed by atoms with Gasteiger partial charge in [-0.1, -0.05) is 31.9 Å². The molecule has 0 bridgehead atoms. The van der Waals surface area contributed by atoms with E-state index in [1.165, 1.54) is 56.2 Å². The molecule has 104 valence electrons. The number of phenols is 1. The molecule has 1 aromatic rings. The highest BCUT2D eigenvalue weighted by Crippen LogP contribution is 2.42. The fourth-order valence-corrected chi connectivity index (χ4v) is 4.03. The average Bonchev–Trinajstić information content (AvgIpc) is 2.85. The number of fused-ring (bicyclic) bond motifs is 1. The molecule has 2 aliphatic rings. The number of aromatic hydroxyl groups is 1. The van der Waals surface area contributed by atoms with E-state index in [0.29, 0.717) is 11.8 Å². The van der Waals surface area contributed by atoms with Gasteiger partial charge in [-0.15, -0.1) is 0 Å². The highest BCUT2D eigenvalue weighted by atomic mass is 16.3. The van der Waals surface area contributed by atoms with E-state index >= 15 is 0 Å². The van der Waals surface area contributed by atoms with Crippen LogP contribution in [0, 0.1) is 0 Å². The Morgan fingerprint density at radius 3 is 3.00 bits per heavy atom. The van der Waals surface area contributed by atoms with Gasteiger partial charge in [-0.05, 0) is 55.8 Å². The Kier molecular flexibility index (Phi) is 3.79. The molecule has 2 heteroatoms. The van der Waals surface area contributed by atoms with Crippen LogP contribution in [0.2, 0.25) is 0 Å². The molecule has 0 saturated carbocycles. The zero-order chi connectivity index (χ0) is 13.2. The van der Waals surface area contributed by atoms with Crippen LogP contribution in [0.15, 0.2) is 18.2 Å². The van der Waals surface area contributed by atoms with Gasteiger partial charge in [0.25, 0.3) is 0 Å². The van der Waals surface area contributed by atoms with E-state index in [2.05, 4.69) is 17.9 Å². The van der Waals surface area contributed by atoms with Crippen molar-refractivity contribution in [1.82, 2.24) is 4.90 Å². The molecule has 0 amide bonds. The maximum atomic E-state index is 10.00. The molecule has 1 aliphatic carbocycles. The van der Waals surface area contributed by atoms with Crippen LogP contribution >= 0.6 is 0 Å². The van der Waals surface area contributed by atoms with Gasteiger partial charge in [-0.2, -0.15) is 0 Å². The third-order valence-corrected chi connectivity index (χ3v) is 4.91. The predicted octanol–water partition coefficient (Wildman–Crippen LogP) is 4.03. The SMILES string of the molecule is CCCC1CCCCN1C1CCc2c(O)cccc21. The van der Waals surface area contributed by atoms with E-state index in [1.54, 1.807) is 0 Å². The van der Waals surface area contributed by atoms with Crippen molar-refractivity contribution in [2.75, 3.05) is 6.54 Å². The Morgan fingerprint density at radius 1 is 1.26 bits per heavy atom. The lowest BCUT2D eigenvalue weighted by Gasteiger charge is -2.40. The van der Waals surface area contributed by atoms with Crippen LogP contribution in [-0.4, -0.2) is 22.6 Å². The molecule has 2 atom stereocenters. The molecule has 1 heterocycles. The first-order valence-corrected chi connectivity index (χ1v) is 7.87. The minimum Gasteiger partial charge on any atom is -0.508 e. The molecule has 2 nitrogen and oxygen atoms in total. The van der Waals surface area contributed by atoms with Crippen molar-refractivity contribution in [3.8, 4) is 5.75 Å². The van der Waals surface area contributed by atoms with Crippen molar-refractivity contribution in [2.24, 2.45) is 0 Å². The molecule has 1 aromatic carbocycles. The van der Waals surface area contributed by atoms with Crippen molar-refractivity contribution in [2.45, 2.75) is 64.0 Å². The van der Waals surface area contributed by atoms with Crippen LogP contribution in [0.25, 0.3) is 0 Å². The summed E-state index contributed by atoms with van der Waals surface area (Å²) in [6.07, 6.45) is 8.92. The van der Waals surface area contributed by atoms with Crippen molar-refractivity contribution >= 4 is 0 Å². The zero-order valence-corrected chi connectivity index (χ0v) is 11.9. The molecule has 0 aromatic heterocycles. The van der Waals surface area contributed by atoms with Crippen LogP contribution in [0.5, 0.6) is 5.75 Å². The lowest BCUT2D eigenvalue weighted by Crippen LogP contribution is -2.41. The average molecular weight is 259 g/mol. The summed E-state index contributed by atoms with van der Waals surface area (Å²) < 4.78 is 0. The Balaban J connectivity index is 1.85. The van der Waals surface area contributed by atoms with Gasteiger partial charge in [-0.3, -0.25) is 4.90 Å². The number of piperidine rings is 1. The molecular formula is C17H25NO. The van der Waals surface area contributed by atoms with Crippen LogP contribution in [0.3, 0.4) is 0 Å². The normalized spacial score (nSPS) is 27.4. The maximum absolute atomic E-state index is 10.00. The highest BCUT2D eigenvalue weighted by molar-refractivity contribution is 5.44. The fourth-order valence-electron chi connectivity index (χ4n) is 4.03. The van der Waals surface area contributed by atoms with E-state index in [0.717, 1.165) is 12.5 Å². The molecule has 1 aliphatic heterocycles. The second kappa shape index (κ2) is 5.54. The van der Waals surface area contributed by atoms with E-state index in [-0.39, 0.29) is 0 Å². The third kappa shape index (κ3) is 2.38. The van der Waals surface area contributed by atoms with E-state index < -0.39 is 0 Å².